The first-order valence-electron chi connectivity index (χ1n) is 10.4. The van der Waals surface area contributed by atoms with Gasteiger partial charge in [-0.3, -0.25) is 9.69 Å². The molecule has 0 spiro atoms. The van der Waals surface area contributed by atoms with Gasteiger partial charge in [0.1, 0.15) is 0 Å². The van der Waals surface area contributed by atoms with Crippen LogP contribution < -0.4 is 0 Å². The zero-order valence-electron chi connectivity index (χ0n) is 17.0. The van der Waals surface area contributed by atoms with Crippen LogP contribution in [0, 0.1) is 13.8 Å². The molecule has 1 amide bonds. The summed E-state index contributed by atoms with van der Waals surface area (Å²) in [5.41, 5.74) is 5.51. The summed E-state index contributed by atoms with van der Waals surface area (Å²) in [5, 5.41) is 4.82. The van der Waals surface area contributed by atoms with E-state index in [0.29, 0.717) is 17.2 Å². The molecule has 29 heavy (non-hydrogen) atoms. The molecule has 2 fully saturated rings. The Balaban J connectivity index is 1.32. The summed E-state index contributed by atoms with van der Waals surface area (Å²) in [6, 6.07) is 10.6. The number of fused-ring (bicyclic) bond motifs is 1. The van der Waals surface area contributed by atoms with E-state index >= 15 is 0 Å². The van der Waals surface area contributed by atoms with Crippen LogP contribution in [-0.4, -0.2) is 52.0 Å². The molecule has 1 saturated carbocycles. The Morgan fingerprint density at radius 1 is 1.14 bits per heavy atom. The highest BCUT2D eigenvalue weighted by Crippen LogP contribution is 2.40. The zero-order chi connectivity index (χ0) is 20.0. The lowest BCUT2D eigenvalue weighted by Gasteiger charge is -2.35. The Hall–Kier alpha value is -2.73. The van der Waals surface area contributed by atoms with Crippen molar-refractivity contribution in [3.63, 3.8) is 0 Å². The molecule has 1 saturated heterocycles. The van der Waals surface area contributed by atoms with E-state index in [0.717, 1.165) is 62.3 Å². The number of amides is 1. The van der Waals surface area contributed by atoms with Crippen LogP contribution in [0.15, 0.2) is 34.9 Å². The number of aromatic nitrogens is 2. The van der Waals surface area contributed by atoms with Gasteiger partial charge in [0.15, 0.2) is 0 Å². The van der Waals surface area contributed by atoms with Crippen molar-refractivity contribution in [3.8, 4) is 0 Å². The predicted octanol–water partition coefficient (Wildman–Crippen LogP) is 3.68. The lowest BCUT2D eigenvalue weighted by Crippen LogP contribution is -2.48. The third-order valence-corrected chi connectivity index (χ3v) is 6.01. The van der Waals surface area contributed by atoms with Gasteiger partial charge in [0.05, 0.1) is 16.6 Å². The standard InChI is InChI=1S/C23H26N4O2/c1-15-4-3-5-17(12-15)14-26-8-10-27(11-9-26)23(28)19-13-20(18-6-7-18)24-22-21(19)16(2)25-29-22/h3-5,12-13,18H,6-11,14H2,1-2H3. The summed E-state index contributed by atoms with van der Waals surface area (Å²) in [6.07, 6.45) is 2.27. The number of aryl methyl sites for hydroxylation is 2. The summed E-state index contributed by atoms with van der Waals surface area (Å²) < 4.78 is 5.40. The molecule has 6 nitrogen and oxygen atoms in total. The highest BCUT2D eigenvalue weighted by atomic mass is 16.5. The molecule has 5 rings (SSSR count). The van der Waals surface area contributed by atoms with Crippen LogP contribution in [0.4, 0.5) is 0 Å². The maximum atomic E-state index is 13.4. The molecule has 3 heterocycles. The van der Waals surface area contributed by atoms with Gasteiger partial charge in [-0.05, 0) is 38.3 Å². The summed E-state index contributed by atoms with van der Waals surface area (Å²) in [6.45, 7) is 8.16. The fraction of sp³-hybridized carbons (Fsp3) is 0.435. The normalized spacial score (nSPS) is 17.8. The Kier molecular flexibility index (Phi) is 4.59. The molecule has 0 unspecified atom stereocenters. The summed E-state index contributed by atoms with van der Waals surface area (Å²) in [7, 11) is 0. The van der Waals surface area contributed by atoms with Crippen molar-refractivity contribution in [3.05, 3.63) is 58.4 Å². The smallest absolute Gasteiger partial charge is 0.259 e. The lowest BCUT2D eigenvalue weighted by molar-refractivity contribution is 0.0630. The molecule has 3 aromatic rings. The van der Waals surface area contributed by atoms with Crippen LogP contribution in [0.25, 0.3) is 11.1 Å². The summed E-state index contributed by atoms with van der Waals surface area (Å²) in [5.74, 6) is 0.531. The lowest BCUT2D eigenvalue weighted by atomic mass is 10.1. The largest absolute Gasteiger partial charge is 0.336 e. The van der Waals surface area contributed by atoms with E-state index in [1.807, 2.05) is 17.9 Å². The third-order valence-electron chi connectivity index (χ3n) is 6.01. The molecule has 1 aliphatic carbocycles. The SMILES string of the molecule is Cc1cccc(CN2CCN(C(=O)c3cc(C4CC4)nc4onc(C)c34)CC2)c1. The molecule has 1 aliphatic heterocycles. The second-order valence-corrected chi connectivity index (χ2v) is 8.37. The van der Waals surface area contributed by atoms with Crippen LogP contribution in [0.2, 0.25) is 0 Å². The molecule has 2 aromatic heterocycles. The topological polar surface area (TPSA) is 62.5 Å². The Morgan fingerprint density at radius 2 is 1.93 bits per heavy atom. The summed E-state index contributed by atoms with van der Waals surface area (Å²) >= 11 is 0. The average Bonchev–Trinajstić information content (AvgIpc) is 3.51. The monoisotopic (exact) mass is 390 g/mol. The van der Waals surface area contributed by atoms with Crippen molar-refractivity contribution >= 4 is 17.0 Å². The minimum Gasteiger partial charge on any atom is -0.336 e. The first-order chi connectivity index (χ1) is 14.1. The fourth-order valence-electron chi connectivity index (χ4n) is 4.22. The number of rotatable bonds is 4. The number of carbonyl (C=O) groups excluding carboxylic acids is 1. The number of piperazine rings is 1. The Morgan fingerprint density at radius 3 is 2.66 bits per heavy atom. The molecule has 150 valence electrons. The highest BCUT2D eigenvalue weighted by molar-refractivity contribution is 6.06. The van der Waals surface area contributed by atoms with E-state index in [9.17, 15) is 4.79 Å². The van der Waals surface area contributed by atoms with Crippen molar-refractivity contribution < 1.29 is 9.32 Å². The highest BCUT2D eigenvalue weighted by Gasteiger charge is 2.30. The predicted molar refractivity (Wildman–Crippen MR) is 111 cm³/mol. The average molecular weight is 390 g/mol. The molecule has 0 bridgehead atoms. The van der Waals surface area contributed by atoms with Gasteiger partial charge in [0.2, 0.25) is 0 Å². The molecule has 1 aromatic carbocycles. The molecule has 2 aliphatic rings. The van der Waals surface area contributed by atoms with Gasteiger partial charge < -0.3 is 9.42 Å². The molecule has 0 N–H and O–H groups in total. The van der Waals surface area contributed by atoms with Gasteiger partial charge in [0, 0.05) is 44.3 Å². The van der Waals surface area contributed by atoms with Crippen molar-refractivity contribution in [2.24, 2.45) is 0 Å². The van der Waals surface area contributed by atoms with Gasteiger partial charge >= 0.3 is 0 Å². The minimum absolute atomic E-state index is 0.0702. The van der Waals surface area contributed by atoms with Crippen LogP contribution in [-0.2, 0) is 6.54 Å². The van der Waals surface area contributed by atoms with E-state index < -0.39 is 0 Å². The van der Waals surface area contributed by atoms with Crippen LogP contribution >= 0.6 is 0 Å². The van der Waals surface area contributed by atoms with Crippen LogP contribution in [0.5, 0.6) is 0 Å². The maximum absolute atomic E-state index is 13.4. The molecule has 6 heteroatoms. The number of benzene rings is 1. The summed E-state index contributed by atoms with van der Waals surface area (Å²) in [4.78, 5) is 22.4. The van der Waals surface area contributed by atoms with Gasteiger partial charge in [-0.25, -0.2) is 4.98 Å². The Labute approximate surface area is 170 Å². The van der Waals surface area contributed by atoms with E-state index in [-0.39, 0.29) is 5.91 Å². The number of nitrogens with zero attached hydrogens (tertiary/aromatic N) is 4. The first kappa shape index (κ1) is 18.3. The quantitative estimate of drug-likeness (QED) is 0.680. The second-order valence-electron chi connectivity index (χ2n) is 8.37. The Bertz CT molecular complexity index is 1060. The first-order valence-corrected chi connectivity index (χ1v) is 10.4. The molecule has 0 atom stereocenters. The second kappa shape index (κ2) is 7.26. The zero-order valence-corrected chi connectivity index (χ0v) is 17.0. The van der Waals surface area contributed by atoms with Gasteiger partial charge in [-0.1, -0.05) is 35.0 Å². The van der Waals surface area contributed by atoms with Crippen molar-refractivity contribution in [2.45, 2.75) is 39.2 Å². The van der Waals surface area contributed by atoms with E-state index in [4.69, 9.17) is 4.52 Å². The van der Waals surface area contributed by atoms with Gasteiger partial charge in [-0.2, -0.15) is 0 Å². The van der Waals surface area contributed by atoms with E-state index in [2.05, 4.69) is 46.2 Å². The molecular weight excluding hydrogens is 364 g/mol. The van der Waals surface area contributed by atoms with Gasteiger partial charge in [0.25, 0.3) is 11.6 Å². The van der Waals surface area contributed by atoms with E-state index in [1.54, 1.807) is 0 Å². The number of hydrogen-bond donors (Lipinski definition) is 0. The van der Waals surface area contributed by atoms with Crippen molar-refractivity contribution in [2.75, 3.05) is 26.2 Å². The van der Waals surface area contributed by atoms with Crippen LogP contribution in [0.1, 0.15) is 51.6 Å². The third kappa shape index (κ3) is 3.65. The van der Waals surface area contributed by atoms with Crippen LogP contribution in [0.3, 0.4) is 0 Å². The van der Waals surface area contributed by atoms with Crippen molar-refractivity contribution in [1.29, 1.82) is 0 Å². The number of hydrogen-bond acceptors (Lipinski definition) is 5. The number of pyridine rings is 1. The number of carbonyl (C=O) groups is 1. The maximum Gasteiger partial charge on any atom is 0.259 e. The molecular formula is C23H26N4O2. The van der Waals surface area contributed by atoms with E-state index in [1.165, 1.54) is 11.1 Å². The fourth-order valence-corrected chi connectivity index (χ4v) is 4.22. The minimum atomic E-state index is 0.0702. The van der Waals surface area contributed by atoms with Crippen molar-refractivity contribution in [1.82, 2.24) is 19.9 Å². The van der Waals surface area contributed by atoms with Gasteiger partial charge in [-0.15, -0.1) is 0 Å². The molecule has 0 radical (unpaired) electrons.